The van der Waals surface area contributed by atoms with Crippen molar-refractivity contribution in [3.05, 3.63) is 71.2 Å². The van der Waals surface area contributed by atoms with Crippen molar-refractivity contribution in [2.24, 2.45) is 0 Å². The lowest BCUT2D eigenvalue weighted by molar-refractivity contribution is -0.159. The maximum absolute atomic E-state index is 13.7. The second-order valence-electron chi connectivity index (χ2n) is 8.22. The standard InChI is InChI=1S/C25H24N4O5S/c1-33-14-13-28-22(31)19-9-5-6-10-20(19)29-21(30)11-12-25(28,29)23(32)34-15-18-16-35-24(27-18)26-17-7-3-2-4-8-17/h2-10,16H,11-15H2,1H3,(H,26,27). The van der Waals surface area contributed by atoms with Crippen LogP contribution in [0.1, 0.15) is 28.9 Å². The van der Waals surface area contributed by atoms with Crippen LogP contribution in [-0.2, 0) is 25.7 Å². The molecule has 0 radical (unpaired) electrons. The van der Waals surface area contributed by atoms with Crippen molar-refractivity contribution in [1.82, 2.24) is 9.88 Å². The number of anilines is 3. The molecule has 1 N–H and O–H groups in total. The Kier molecular flexibility index (Phi) is 6.23. The smallest absolute Gasteiger partial charge is 0.354 e. The quantitative estimate of drug-likeness (QED) is 0.480. The van der Waals surface area contributed by atoms with Gasteiger partial charge in [0.15, 0.2) is 5.13 Å². The number of methoxy groups -OCH3 is 1. The van der Waals surface area contributed by atoms with Crippen LogP contribution in [0.4, 0.5) is 16.5 Å². The third kappa shape index (κ3) is 4.04. The Balaban J connectivity index is 1.40. The number of esters is 1. The third-order valence-corrected chi connectivity index (χ3v) is 6.95. The van der Waals surface area contributed by atoms with Gasteiger partial charge in [0.1, 0.15) is 6.61 Å². The molecule has 180 valence electrons. The van der Waals surface area contributed by atoms with Gasteiger partial charge in [-0.1, -0.05) is 30.3 Å². The predicted octanol–water partition coefficient (Wildman–Crippen LogP) is 3.56. The van der Waals surface area contributed by atoms with Gasteiger partial charge in [-0.05, 0) is 24.3 Å². The molecular weight excluding hydrogens is 468 g/mol. The van der Waals surface area contributed by atoms with Gasteiger partial charge in [-0.25, -0.2) is 9.78 Å². The van der Waals surface area contributed by atoms with E-state index < -0.39 is 11.6 Å². The van der Waals surface area contributed by atoms with Gasteiger partial charge in [0.25, 0.3) is 5.91 Å². The summed E-state index contributed by atoms with van der Waals surface area (Å²) in [6, 6.07) is 16.5. The highest BCUT2D eigenvalue weighted by Crippen LogP contribution is 2.45. The Morgan fingerprint density at radius 2 is 1.91 bits per heavy atom. The number of carbonyl (C=O) groups is 3. The summed E-state index contributed by atoms with van der Waals surface area (Å²) in [5, 5.41) is 5.68. The fraction of sp³-hybridized carbons (Fsp3) is 0.280. The highest BCUT2D eigenvalue weighted by atomic mass is 32.1. The summed E-state index contributed by atoms with van der Waals surface area (Å²) in [7, 11) is 1.52. The third-order valence-electron chi connectivity index (χ3n) is 6.15. The van der Waals surface area contributed by atoms with Gasteiger partial charge in [-0.15, -0.1) is 11.3 Å². The molecule has 0 spiro atoms. The number of para-hydroxylation sites is 2. The molecule has 0 bridgehead atoms. The minimum atomic E-state index is -1.55. The van der Waals surface area contributed by atoms with Gasteiger partial charge in [0.2, 0.25) is 11.6 Å². The molecule has 10 heteroatoms. The van der Waals surface area contributed by atoms with Gasteiger partial charge in [-0.3, -0.25) is 14.5 Å². The number of hydrogen-bond acceptors (Lipinski definition) is 8. The Hall–Kier alpha value is -3.76. The number of rotatable bonds is 8. The zero-order valence-corrected chi connectivity index (χ0v) is 19.9. The van der Waals surface area contributed by atoms with E-state index in [1.165, 1.54) is 28.2 Å². The molecule has 2 aromatic carbocycles. The largest absolute Gasteiger partial charge is 0.456 e. The van der Waals surface area contributed by atoms with E-state index >= 15 is 0 Å². The first kappa shape index (κ1) is 23.0. The van der Waals surface area contributed by atoms with Crippen molar-refractivity contribution in [2.45, 2.75) is 25.1 Å². The van der Waals surface area contributed by atoms with Crippen molar-refractivity contribution in [3.63, 3.8) is 0 Å². The summed E-state index contributed by atoms with van der Waals surface area (Å²) in [5.41, 5.74) is 0.715. The maximum Gasteiger partial charge on any atom is 0.354 e. The molecule has 1 atom stereocenters. The zero-order valence-electron chi connectivity index (χ0n) is 19.1. The van der Waals surface area contributed by atoms with Crippen molar-refractivity contribution in [3.8, 4) is 0 Å². The number of nitrogens with one attached hydrogen (secondary N) is 1. The second kappa shape index (κ2) is 9.47. The molecule has 5 rings (SSSR count). The Labute approximate surface area is 206 Å². The SMILES string of the molecule is COCCN1C(=O)c2ccccc2N2C(=O)CCC12C(=O)OCc1csc(Nc2ccccc2)n1. The molecule has 3 aromatic rings. The molecule has 2 aliphatic heterocycles. The molecule has 1 aromatic heterocycles. The lowest BCUT2D eigenvalue weighted by atomic mass is 9.96. The molecule has 9 nitrogen and oxygen atoms in total. The molecule has 2 amide bonds. The lowest BCUT2D eigenvalue weighted by Crippen LogP contribution is -2.68. The fourth-order valence-corrected chi connectivity index (χ4v) is 5.28. The number of carbonyl (C=O) groups excluding carboxylic acids is 3. The molecule has 2 aliphatic rings. The summed E-state index contributed by atoms with van der Waals surface area (Å²) >= 11 is 1.39. The van der Waals surface area contributed by atoms with Crippen LogP contribution in [0.15, 0.2) is 60.0 Å². The Morgan fingerprint density at radius 3 is 2.71 bits per heavy atom. The van der Waals surface area contributed by atoms with Crippen LogP contribution in [0.3, 0.4) is 0 Å². The maximum atomic E-state index is 13.7. The number of ether oxygens (including phenoxy) is 2. The number of nitrogens with zero attached hydrogens (tertiary/aromatic N) is 3. The van der Waals surface area contributed by atoms with Crippen LogP contribution in [0.2, 0.25) is 0 Å². The van der Waals surface area contributed by atoms with Crippen molar-refractivity contribution in [1.29, 1.82) is 0 Å². The fourth-order valence-electron chi connectivity index (χ4n) is 4.57. The van der Waals surface area contributed by atoms with Crippen molar-refractivity contribution < 1.29 is 23.9 Å². The first-order chi connectivity index (χ1) is 17.0. The second-order valence-corrected chi connectivity index (χ2v) is 9.08. The van der Waals surface area contributed by atoms with E-state index in [2.05, 4.69) is 10.3 Å². The molecule has 3 heterocycles. The zero-order chi connectivity index (χ0) is 24.4. The summed E-state index contributed by atoms with van der Waals surface area (Å²) in [5.74, 6) is -1.22. The lowest BCUT2D eigenvalue weighted by Gasteiger charge is -2.48. The Morgan fingerprint density at radius 1 is 1.14 bits per heavy atom. The van der Waals surface area contributed by atoms with Crippen LogP contribution in [0.25, 0.3) is 0 Å². The average molecular weight is 493 g/mol. The van der Waals surface area contributed by atoms with E-state index in [9.17, 15) is 14.4 Å². The molecule has 0 aliphatic carbocycles. The van der Waals surface area contributed by atoms with E-state index in [0.717, 1.165) is 5.69 Å². The van der Waals surface area contributed by atoms with Gasteiger partial charge >= 0.3 is 5.97 Å². The number of thiazole rings is 1. The Bertz CT molecular complexity index is 1260. The van der Waals surface area contributed by atoms with Gasteiger partial charge in [-0.2, -0.15) is 0 Å². The van der Waals surface area contributed by atoms with Crippen LogP contribution < -0.4 is 10.2 Å². The van der Waals surface area contributed by atoms with Crippen LogP contribution in [-0.4, -0.2) is 53.6 Å². The number of fused-ring (bicyclic) bond motifs is 3. The predicted molar refractivity (Wildman–Crippen MR) is 130 cm³/mol. The topological polar surface area (TPSA) is 101 Å². The number of benzene rings is 2. The van der Waals surface area contributed by atoms with E-state index in [4.69, 9.17) is 9.47 Å². The molecular formula is C25H24N4O5S. The first-order valence-corrected chi connectivity index (χ1v) is 12.1. The van der Waals surface area contributed by atoms with Gasteiger partial charge in [0, 0.05) is 37.6 Å². The molecule has 1 saturated heterocycles. The molecule has 1 fully saturated rings. The molecule has 1 unspecified atom stereocenters. The van der Waals surface area contributed by atoms with E-state index in [0.29, 0.717) is 22.1 Å². The number of hydrogen-bond donors (Lipinski definition) is 1. The van der Waals surface area contributed by atoms with E-state index in [1.54, 1.807) is 29.6 Å². The summed E-state index contributed by atoms with van der Waals surface area (Å²) in [4.78, 5) is 47.4. The average Bonchev–Trinajstić information content (AvgIpc) is 3.48. The van der Waals surface area contributed by atoms with Crippen molar-refractivity contribution >= 4 is 45.6 Å². The summed E-state index contributed by atoms with van der Waals surface area (Å²) in [6.45, 7) is 0.277. The number of aromatic nitrogens is 1. The first-order valence-electron chi connectivity index (χ1n) is 11.2. The minimum absolute atomic E-state index is 0.0798. The normalized spacial score (nSPS) is 18.9. The minimum Gasteiger partial charge on any atom is -0.456 e. The monoisotopic (exact) mass is 492 g/mol. The molecule has 0 saturated carbocycles. The van der Waals surface area contributed by atoms with Gasteiger partial charge in [0.05, 0.1) is 23.6 Å². The van der Waals surface area contributed by atoms with Crippen molar-refractivity contribution in [2.75, 3.05) is 30.5 Å². The van der Waals surface area contributed by atoms with Gasteiger partial charge < -0.3 is 19.7 Å². The highest BCUT2D eigenvalue weighted by molar-refractivity contribution is 7.13. The highest BCUT2D eigenvalue weighted by Gasteiger charge is 2.61. The summed E-state index contributed by atoms with van der Waals surface area (Å²) < 4.78 is 10.9. The molecule has 35 heavy (non-hydrogen) atoms. The van der Waals surface area contributed by atoms with Crippen LogP contribution in [0.5, 0.6) is 0 Å². The number of amides is 2. The summed E-state index contributed by atoms with van der Waals surface area (Å²) in [6.07, 6.45) is 0.272. The van der Waals surface area contributed by atoms with Crippen LogP contribution in [0, 0.1) is 0 Å². The van der Waals surface area contributed by atoms with Crippen LogP contribution >= 0.6 is 11.3 Å². The van der Waals surface area contributed by atoms with E-state index in [-0.39, 0.29) is 44.4 Å². The van der Waals surface area contributed by atoms with E-state index in [1.807, 2.05) is 30.3 Å².